The molecule has 2 atom stereocenters. The lowest BCUT2D eigenvalue weighted by Crippen LogP contribution is -2.33. The Balaban J connectivity index is 2.39. The number of hydrogen-bond acceptors (Lipinski definition) is 2. The summed E-state index contributed by atoms with van der Waals surface area (Å²) in [6, 6.07) is 0. The van der Waals surface area contributed by atoms with Gasteiger partial charge in [-0.25, -0.2) is 0 Å². The van der Waals surface area contributed by atoms with Crippen LogP contribution in [0.5, 0.6) is 0 Å². The van der Waals surface area contributed by atoms with E-state index in [1.807, 2.05) is 6.92 Å². The molecule has 1 aliphatic heterocycles. The lowest BCUT2D eigenvalue weighted by molar-refractivity contribution is -0.147. The van der Waals surface area contributed by atoms with Crippen molar-refractivity contribution in [1.29, 1.82) is 0 Å². The lowest BCUT2D eigenvalue weighted by atomic mass is 9.90. The molecule has 0 saturated carbocycles. The van der Waals surface area contributed by atoms with Crippen LogP contribution < -0.4 is 0 Å². The number of nitrogens with zero attached hydrogens (tertiary/aromatic N) is 1. The molecule has 1 saturated heterocycles. The van der Waals surface area contributed by atoms with Gasteiger partial charge in [-0.1, -0.05) is 20.8 Å². The number of carboxylic acid groups (broad SMARTS) is 1. The first-order chi connectivity index (χ1) is 7.33. The third-order valence-corrected chi connectivity index (χ3v) is 3.51. The van der Waals surface area contributed by atoms with Gasteiger partial charge in [-0.3, -0.25) is 4.79 Å². The van der Waals surface area contributed by atoms with Crippen molar-refractivity contribution >= 4 is 5.97 Å². The van der Waals surface area contributed by atoms with Gasteiger partial charge in [0.05, 0.1) is 5.41 Å². The molecule has 0 amide bonds. The summed E-state index contributed by atoms with van der Waals surface area (Å²) in [5.74, 6) is 0.742. The number of likely N-dealkylation sites (tertiary alicyclic amines) is 1. The maximum atomic E-state index is 11.1. The van der Waals surface area contributed by atoms with Crippen LogP contribution >= 0.6 is 0 Å². The highest BCUT2D eigenvalue weighted by Crippen LogP contribution is 2.30. The van der Waals surface area contributed by atoms with Crippen LogP contribution in [0.3, 0.4) is 0 Å². The second-order valence-corrected chi connectivity index (χ2v) is 6.09. The van der Waals surface area contributed by atoms with E-state index in [4.69, 9.17) is 5.11 Å². The normalized spacial score (nSPS) is 28.6. The van der Waals surface area contributed by atoms with E-state index in [1.54, 1.807) is 0 Å². The zero-order chi connectivity index (χ0) is 12.3. The number of carbonyl (C=O) groups is 1. The maximum Gasteiger partial charge on any atom is 0.310 e. The standard InChI is InChI=1S/C13H25NO2/c1-10(2)7-11(3)8-14-6-5-13(4,9-14)12(15)16/h10-11H,5-9H2,1-4H3,(H,15,16). The van der Waals surface area contributed by atoms with Crippen LogP contribution in [0.2, 0.25) is 0 Å². The molecule has 0 aromatic heterocycles. The first-order valence-corrected chi connectivity index (χ1v) is 6.29. The highest BCUT2D eigenvalue weighted by molar-refractivity contribution is 5.74. The molecule has 3 nitrogen and oxygen atoms in total. The van der Waals surface area contributed by atoms with Gasteiger partial charge in [-0.15, -0.1) is 0 Å². The quantitative estimate of drug-likeness (QED) is 0.784. The molecule has 1 heterocycles. The zero-order valence-corrected chi connectivity index (χ0v) is 11.0. The van der Waals surface area contributed by atoms with Crippen LogP contribution in [0.1, 0.15) is 40.5 Å². The molecule has 2 unspecified atom stereocenters. The molecule has 16 heavy (non-hydrogen) atoms. The molecule has 1 fully saturated rings. The molecule has 1 N–H and O–H groups in total. The lowest BCUT2D eigenvalue weighted by Gasteiger charge is -2.23. The fourth-order valence-electron chi connectivity index (χ4n) is 2.71. The van der Waals surface area contributed by atoms with Crippen LogP contribution in [0.4, 0.5) is 0 Å². The van der Waals surface area contributed by atoms with Gasteiger partial charge in [0, 0.05) is 13.1 Å². The molecule has 1 aliphatic rings. The monoisotopic (exact) mass is 227 g/mol. The van der Waals surface area contributed by atoms with E-state index < -0.39 is 11.4 Å². The van der Waals surface area contributed by atoms with E-state index in [-0.39, 0.29) is 0 Å². The minimum Gasteiger partial charge on any atom is -0.481 e. The van der Waals surface area contributed by atoms with E-state index in [9.17, 15) is 4.79 Å². The fraction of sp³-hybridized carbons (Fsp3) is 0.923. The topological polar surface area (TPSA) is 40.5 Å². The molecule has 1 rings (SSSR count). The second-order valence-electron chi connectivity index (χ2n) is 6.09. The van der Waals surface area contributed by atoms with E-state index in [1.165, 1.54) is 6.42 Å². The van der Waals surface area contributed by atoms with Gasteiger partial charge in [0.2, 0.25) is 0 Å². The molecule has 3 heteroatoms. The predicted octanol–water partition coefficient (Wildman–Crippen LogP) is 2.47. The first kappa shape index (κ1) is 13.5. The average Bonchev–Trinajstić information content (AvgIpc) is 2.47. The number of carboxylic acids is 1. The summed E-state index contributed by atoms with van der Waals surface area (Å²) in [5.41, 5.74) is -0.516. The first-order valence-electron chi connectivity index (χ1n) is 6.29. The Morgan fingerprint density at radius 1 is 1.44 bits per heavy atom. The van der Waals surface area contributed by atoms with Gasteiger partial charge in [-0.2, -0.15) is 0 Å². The Morgan fingerprint density at radius 3 is 2.50 bits per heavy atom. The van der Waals surface area contributed by atoms with Crippen LogP contribution in [0, 0.1) is 17.3 Å². The van der Waals surface area contributed by atoms with Crippen LogP contribution in [-0.2, 0) is 4.79 Å². The summed E-state index contributed by atoms with van der Waals surface area (Å²) in [6.45, 7) is 11.3. The van der Waals surface area contributed by atoms with Gasteiger partial charge in [0.15, 0.2) is 0 Å². The maximum absolute atomic E-state index is 11.1. The van der Waals surface area contributed by atoms with E-state index in [0.29, 0.717) is 12.5 Å². The van der Waals surface area contributed by atoms with E-state index in [0.717, 1.165) is 25.4 Å². The summed E-state index contributed by atoms with van der Waals surface area (Å²) in [5, 5.41) is 9.14. The molecule has 94 valence electrons. The summed E-state index contributed by atoms with van der Waals surface area (Å²) in [6.07, 6.45) is 2.01. The van der Waals surface area contributed by atoms with Gasteiger partial charge in [0.1, 0.15) is 0 Å². The molecule has 0 radical (unpaired) electrons. The van der Waals surface area contributed by atoms with Gasteiger partial charge in [0.25, 0.3) is 0 Å². The number of hydrogen-bond donors (Lipinski definition) is 1. The smallest absolute Gasteiger partial charge is 0.310 e. The Labute approximate surface area is 98.8 Å². The Hall–Kier alpha value is -0.570. The van der Waals surface area contributed by atoms with Crippen LogP contribution in [-0.4, -0.2) is 35.6 Å². The second kappa shape index (κ2) is 5.17. The minimum atomic E-state index is -0.647. The third-order valence-electron chi connectivity index (χ3n) is 3.51. The number of aliphatic carboxylic acids is 1. The molecule has 0 aliphatic carbocycles. The van der Waals surface area contributed by atoms with E-state index >= 15 is 0 Å². The average molecular weight is 227 g/mol. The molecule has 0 bridgehead atoms. The largest absolute Gasteiger partial charge is 0.481 e. The molecule has 0 aromatic rings. The highest BCUT2D eigenvalue weighted by atomic mass is 16.4. The molecular weight excluding hydrogens is 202 g/mol. The van der Waals surface area contributed by atoms with Crippen molar-refractivity contribution in [3.05, 3.63) is 0 Å². The third kappa shape index (κ3) is 3.48. The Bertz CT molecular complexity index is 252. The van der Waals surface area contributed by atoms with Crippen molar-refractivity contribution in [2.45, 2.75) is 40.5 Å². The Kier molecular flexibility index (Phi) is 4.36. The molecule has 0 aromatic carbocycles. The summed E-state index contributed by atoms with van der Waals surface area (Å²) >= 11 is 0. The van der Waals surface area contributed by atoms with Crippen molar-refractivity contribution < 1.29 is 9.90 Å². The molecular formula is C13H25NO2. The highest BCUT2D eigenvalue weighted by Gasteiger charge is 2.40. The molecule has 0 spiro atoms. The summed E-state index contributed by atoms with van der Waals surface area (Å²) < 4.78 is 0. The fourth-order valence-corrected chi connectivity index (χ4v) is 2.71. The van der Waals surface area contributed by atoms with E-state index in [2.05, 4.69) is 25.7 Å². The summed E-state index contributed by atoms with van der Waals surface area (Å²) in [7, 11) is 0. The van der Waals surface area contributed by atoms with Gasteiger partial charge < -0.3 is 10.0 Å². The SMILES string of the molecule is CC(C)CC(C)CN1CCC(C)(C(=O)O)C1. The van der Waals surface area contributed by atoms with Crippen molar-refractivity contribution in [3.8, 4) is 0 Å². The van der Waals surface area contributed by atoms with Crippen LogP contribution in [0.25, 0.3) is 0 Å². The minimum absolute atomic E-state index is 0.516. The predicted molar refractivity (Wildman–Crippen MR) is 65.4 cm³/mol. The van der Waals surface area contributed by atoms with Crippen molar-refractivity contribution in [1.82, 2.24) is 4.90 Å². The Morgan fingerprint density at radius 2 is 2.06 bits per heavy atom. The summed E-state index contributed by atoms with van der Waals surface area (Å²) in [4.78, 5) is 13.4. The van der Waals surface area contributed by atoms with Crippen LogP contribution in [0.15, 0.2) is 0 Å². The van der Waals surface area contributed by atoms with Gasteiger partial charge in [-0.05, 0) is 38.1 Å². The zero-order valence-electron chi connectivity index (χ0n) is 11.0. The van der Waals surface area contributed by atoms with Crippen molar-refractivity contribution in [3.63, 3.8) is 0 Å². The van der Waals surface area contributed by atoms with Gasteiger partial charge >= 0.3 is 5.97 Å². The van der Waals surface area contributed by atoms with Crippen molar-refractivity contribution in [2.75, 3.05) is 19.6 Å². The van der Waals surface area contributed by atoms with Crippen molar-refractivity contribution in [2.24, 2.45) is 17.3 Å². The number of rotatable bonds is 5.